The van der Waals surface area contributed by atoms with Gasteiger partial charge in [-0.25, -0.2) is 4.79 Å². The molecule has 0 aliphatic carbocycles. The van der Waals surface area contributed by atoms with Gasteiger partial charge in [-0.3, -0.25) is 0 Å². The van der Waals surface area contributed by atoms with Crippen LogP contribution in [-0.2, 0) is 9.47 Å². The molecule has 20 heavy (non-hydrogen) atoms. The van der Waals surface area contributed by atoms with E-state index in [0.29, 0.717) is 12.6 Å². The number of rotatable bonds is 7. The topological polar surface area (TPSA) is 50.8 Å². The number of ether oxygens (including phenoxy) is 2. The van der Waals surface area contributed by atoms with Crippen LogP contribution in [0.25, 0.3) is 0 Å². The van der Waals surface area contributed by atoms with E-state index in [-0.39, 0.29) is 11.5 Å². The average Bonchev–Trinajstić information content (AvgIpc) is 2.44. The third-order valence-corrected chi connectivity index (χ3v) is 3.87. The Morgan fingerprint density at radius 1 is 1.35 bits per heavy atom. The van der Waals surface area contributed by atoms with E-state index in [4.69, 9.17) is 9.47 Å². The molecule has 0 bridgehead atoms. The molecular formula is C15H30N2O3. The summed E-state index contributed by atoms with van der Waals surface area (Å²) in [6.45, 7) is 10.2. The zero-order chi connectivity index (χ0) is 15.0. The van der Waals surface area contributed by atoms with Crippen molar-refractivity contribution in [2.24, 2.45) is 5.41 Å². The van der Waals surface area contributed by atoms with Crippen molar-refractivity contribution in [2.45, 2.75) is 46.1 Å². The fourth-order valence-corrected chi connectivity index (χ4v) is 2.37. The summed E-state index contributed by atoms with van der Waals surface area (Å²) in [7, 11) is 1.74. The van der Waals surface area contributed by atoms with Crippen molar-refractivity contribution in [3.8, 4) is 0 Å². The Kier molecular flexibility index (Phi) is 7.30. The molecule has 1 aliphatic heterocycles. The molecule has 5 heteroatoms. The molecule has 1 heterocycles. The SMILES string of the molecule is CCOC(=O)N1CCC(NCC(C)(C)CCOC)CC1. The van der Waals surface area contributed by atoms with Crippen LogP contribution >= 0.6 is 0 Å². The summed E-state index contributed by atoms with van der Waals surface area (Å²) in [5.41, 5.74) is 0.244. The molecule has 1 fully saturated rings. The lowest BCUT2D eigenvalue weighted by Gasteiger charge is -2.34. The predicted molar refractivity (Wildman–Crippen MR) is 79.9 cm³/mol. The van der Waals surface area contributed by atoms with Crippen LogP contribution < -0.4 is 5.32 Å². The second-order valence-corrected chi connectivity index (χ2v) is 6.25. The maximum absolute atomic E-state index is 11.6. The van der Waals surface area contributed by atoms with Gasteiger partial charge in [-0.05, 0) is 31.6 Å². The minimum absolute atomic E-state index is 0.175. The molecule has 0 spiro atoms. The van der Waals surface area contributed by atoms with Crippen molar-refractivity contribution < 1.29 is 14.3 Å². The highest BCUT2D eigenvalue weighted by Crippen LogP contribution is 2.20. The highest BCUT2D eigenvalue weighted by molar-refractivity contribution is 5.67. The first kappa shape index (κ1) is 17.2. The van der Waals surface area contributed by atoms with Crippen LogP contribution in [0.15, 0.2) is 0 Å². The second kappa shape index (κ2) is 8.47. The standard InChI is InChI=1S/C15H30N2O3/c1-5-20-14(18)17-9-6-13(7-10-17)16-12-15(2,3)8-11-19-4/h13,16H,5-12H2,1-4H3. The summed E-state index contributed by atoms with van der Waals surface area (Å²) < 4.78 is 10.2. The summed E-state index contributed by atoms with van der Waals surface area (Å²) in [4.78, 5) is 13.4. The zero-order valence-corrected chi connectivity index (χ0v) is 13.4. The van der Waals surface area contributed by atoms with Crippen molar-refractivity contribution in [2.75, 3.05) is 40.0 Å². The molecule has 118 valence electrons. The Morgan fingerprint density at radius 2 is 2.00 bits per heavy atom. The molecule has 1 amide bonds. The number of nitrogens with one attached hydrogen (secondary N) is 1. The van der Waals surface area contributed by atoms with Crippen molar-refractivity contribution in [1.29, 1.82) is 0 Å². The minimum Gasteiger partial charge on any atom is -0.450 e. The molecule has 1 rings (SSSR count). The van der Waals surface area contributed by atoms with Crippen molar-refractivity contribution in [3.63, 3.8) is 0 Å². The van der Waals surface area contributed by atoms with Crippen LogP contribution in [0.4, 0.5) is 4.79 Å². The monoisotopic (exact) mass is 286 g/mol. The molecule has 1 N–H and O–H groups in total. The van der Waals surface area contributed by atoms with E-state index in [0.717, 1.165) is 45.5 Å². The normalized spacial score (nSPS) is 17.3. The lowest BCUT2D eigenvalue weighted by Crippen LogP contribution is -2.47. The number of carbonyl (C=O) groups excluding carboxylic acids is 1. The van der Waals surface area contributed by atoms with Crippen LogP contribution in [0, 0.1) is 5.41 Å². The van der Waals surface area contributed by atoms with Gasteiger partial charge in [0.15, 0.2) is 0 Å². The van der Waals surface area contributed by atoms with E-state index in [2.05, 4.69) is 19.2 Å². The predicted octanol–water partition coefficient (Wildman–Crippen LogP) is 2.26. The first-order valence-electron chi connectivity index (χ1n) is 7.62. The third kappa shape index (κ3) is 6.09. The van der Waals surface area contributed by atoms with E-state index < -0.39 is 0 Å². The smallest absolute Gasteiger partial charge is 0.409 e. The number of piperidine rings is 1. The summed E-state index contributed by atoms with van der Waals surface area (Å²) in [6.07, 6.45) is 2.88. The number of hydrogen-bond acceptors (Lipinski definition) is 4. The maximum atomic E-state index is 11.6. The Balaban J connectivity index is 2.23. The Hall–Kier alpha value is -0.810. The van der Waals surface area contributed by atoms with Gasteiger partial charge in [0.1, 0.15) is 0 Å². The summed E-state index contributed by atoms with van der Waals surface area (Å²) in [5, 5.41) is 3.63. The molecule has 0 atom stereocenters. The molecular weight excluding hydrogens is 256 g/mol. The number of likely N-dealkylation sites (tertiary alicyclic amines) is 1. The summed E-state index contributed by atoms with van der Waals surface area (Å²) in [5.74, 6) is 0. The lowest BCUT2D eigenvalue weighted by molar-refractivity contribution is 0.0931. The number of hydrogen-bond donors (Lipinski definition) is 1. The Bertz CT molecular complexity index is 287. The molecule has 0 aromatic rings. The quantitative estimate of drug-likeness (QED) is 0.780. The first-order valence-corrected chi connectivity index (χ1v) is 7.62. The van der Waals surface area contributed by atoms with E-state index in [9.17, 15) is 4.79 Å². The highest BCUT2D eigenvalue weighted by atomic mass is 16.6. The van der Waals surface area contributed by atoms with Gasteiger partial charge in [-0.15, -0.1) is 0 Å². The number of methoxy groups -OCH3 is 1. The fraction of sp³-hybridized carbons (Fsp3) is 0.933. The van der Waals surface area contributed by atoms with Gasteiger partial charge in [0, 0.05) is 39.4 Å². The lowest BCUT2D eigenvalue weighted by atomic mass is 9.89. The summed E-state index contributed by atoms with van der Waals surface area (Å²) >= 11 is 0. The Morgan fingerprint density at radius 3 is 2.55 bits per heavy atom. The second-order valence-electron chi connectivity index (χ2n) is 6.25. The van der Waals surface area contributed by atoms with Gasteiger partial charge in [-0.2, -0.15) is 0 Å². The molecule has 0 radical (unpaired) electrons. The van der Waals surface area contributed by atoms with Gasteiger partial charge in [-0.1, -0.05) is 13.8 Å². The fourth-order valence-electron chi connectivity index (χ4n) is 2.37. The molecule has 1 aliphatic rings. The Labute approximate surface area is 123 Å². The van der Waals surface area contributed by atoms with Crippen LogP contribution in [0.3, 0.4) is 0 Å². The van der Waals surface area contributed by atoms with Crippen molar-refractivity contribution in [3.05, 3.63) is 0 Å². The van der Waals surface area contributed by atoms with E-state index in [1.807, 2.05) is 6.92 Å². The van der Waals surface area contributed by atoms with Gasteiger partial charge in [0.2, 0.25) is 0 Å². The van der Waals surface area contributed by atoms with Gasteiger partial charge < -0.3 is 19.7 Å². The molecule has 1 saturated heterocycles. The van der Waals surface area contributed by atoms with E-state index in [1.54, 1.807) is 12.0 Å². The average molecular weight is 286 g/mol. The van der Waals surface area contributed by atoms with Crippen molar-refractivity contribution >= 4 is 6.09 Å². The van der Waals surface area contributed by atoms with Crippen LogP contribution in [0.5, 0.6) is 0 Å². The van der Waals surface area contributed by atoms with Crippen molar-refractivity contribution in [1.82, 2.24) is 10.2 Å². The molecule has 5 nitrogen and oxygen atoms in total. The highest BCUT2D eigenvalue weighted by Gasteiger charge is 2.25. The molecule has 0 unspecified atom stereocenters. The van der Waals surface area contributed by atoms with E-state index in [1.165, 1.54) is 0 Å². The van der Waals surface area contributed by atoms with Crippen LogP contribution in [0.2, 0.25) is 0 Å². The van der Waals surface area contributed by atoms with Crippen LogP contribution in [-0.4, -0.2) is 57.0 Å². The number of amides is 1. The number of nitrogens with zero attached hydrogens (tertiary/aromatic N) is 1. The minimum atomic E-state index is -0.175. The van der Waals surface area contributed by atoms with E-state index >= 15 is 0 Å². The zero-order valence-electron chi connectivity index (χ0n) is 13.4. The van der Waals surface area contributed by atoms with Gasteiger partial charge in [0.05, 0.1) is 6.61 Å². The number of carbonyl (C=O) groups is 1. The largest absolute Gasteiger partial charge is 0.450 e. The molecule has 0 saturated carbocycles. The van der Waals surface area contributed by atoms with Gasteiger partial charge >= 0.3 is 6.09 Å². The first-order chi connectivity index (χ1) is 9.48. The third-order valence-electron chi connectivity index (χ3n) is 3.87. The van der Waals surface area contributed by atoms with Crippen LogP contribution in [0.1, 0.15) is 40.0 Å². The van der Waals surface area contributed by atoms with Gasteiger partial charge in [0.25, 0.3) is 0 Å². The molecule has 0 aromatic carbocycles. The maximum Gasteiger partial charge on any atom is 0.409 e. The molecule has 0 aromatic heterocycles. The summed E-state index contributed by atoms with van der Waals surface area (Å²) in [6, 6.07) is 0.502.